The number of hydrogen-bond donors (Lipinski definition) is 3. The third-order valence-electron chi connectivity index (χ3n) is 5.10. The van der Waals surface area contributed by atoms with Crippen molar-refractivity contribution >= 4 is 33.5 Å². The molecule has 0 saturated heterocycles. The van der Waals surface area contributed by atoms with E-state index in [9.17, 15) is 4.79 Å². The second-order valence-corrected chi connectivity index (χ2v) is 9.05. The smallest absolute Gasteiger partial charge is 0.224 e. The van der Waals surface area contributed by atoms with Gasteiger partial charge in [0.1, 0.15) is 5.69 Å². The summed E-state index contributed by atoms with van der Waals surface area (Å²) in [5.74, 6) is -0.0376. The Bertz CT molecular complexity index is 1410. The quantitative estimate of drug-likeness (QED) is 0.378. The molecule has 0 aliphatic rings. The maximum absolute atomic E-state index is 12.3. The first-order valence-corrected chi connectivity index (χ1v) is 10.4. The van der Waals surface area contributed by atoms with Gasteiger partial charge in [0, 0.05) is 29.8 Å². The number of hydrogen-bond acceptors (Lipinski definition) is 5. The molecule has 3 N–H and O–H groups in total. The molecule has 0 aromatic carbocycles. The third-order valence-corrected chi connectivity index (χ3v) is 5.10. The molecule has 8 heteroatoms. The van der Waals surface area contributed by atoms with Crippen molar-refractivity contribution in [1.82, 2.24) is 30.1 Å². The fourth-order valence-electron chi connectivity index (χ4n) is 3.70. The van der Waals surface area contributed by atoms with Crippen LogP contribution in [0.4, 0.5) is 5.69 Å². The summed E-state index contributed by atoms with van der Waals surface area (Å²) in [5.41, 5.74) is 6.46. The van der Waals surface area contributed by atoms with E-state index in [-0.39, 0.29) is 11.3 Å². The number of carbonyl (C=O) groups excluding carboxylic acids is 1. The highest BCUT2D eigenvalue weighted by atomic mass is 16.1. The topological polar surface area (TPSA) is 112 Å². The van der Waals surface area contributed by atoms with Gasteiger partial charge in [0.15, 0.2) is 0 Å². The SMILES string of the molecule is CC(C)(C)CC(=O)Nc1cncc(-c2cc3c(-c4cc5ncccc5[nH]4)n[nH]c3cn2)c1. The minimum Gasteiger partial charge on any atom is -0.352 e. The van der Waals surface area contributed by atoms with Crippen molar-refractivity contribution in [2.45, 2.75) is 27.2 Å². The number of anilines is 1. The number of fused-ring (bicyclic) bond motifs is 2. The van der Waals surface area contributed by atoms with Crippen LogP contribution in [-0.4, -0.2) is 36.0 Å². The largest absolute Gasteiger partial charge is 0.352 e. The lowest BCUT2D eigenvalue weighted by Crippen LogP contribution is -2.19. The average Bonchev–Trinajstić information content (AvgIpc) is 3.35. The number of carbonyl (C=O) groups is 1. The second kappa shape index (κ2) is 7.56. The average molecular weight is 425 g/mol. The molecule has 160 valence electrons. The molecular formula is C24H23N7O. The predicted molar refractivity (Wildman–Crippen MR) is 125 cm³/mol. The van der Waals surface area contributed by atoms with E-state index in [1.807, 2.05) is 51.1 Å². The number of rotatable bonds is 4. The van der Waals surface area contributed by atoms with Crippen LogP contribution in [0.25, 0.3) is 44.6 Å². The zero-order chi connectivity index (χ0) is 22.3. The highest BCUT2D eigenvalue weighted by Gasteiger charge is 2.17. The van der Waals surface area contributed by atoms with Crippen LogP contribution in [0, 0.1) is 5.41 Å². The Kier molecular flexibility index (Phi) is 4.70. The van der Waals surface area contributed by atoms with Crippen LogP contribution in [-0.2, 0) is 4.79 Å². The fourth-order valence-corrected chi connectivity index (χ4v) is 3.70. The van der Waals surface area contributed by atoms with Gasteiger partial charge in [-0.05, 0) is 35.7 Å². The first-order valence-electron chi connectivity index (χ1n) is 10.4. The third kappa shape index (κ3) is 3.94. The Hall–Kier alpha value is -4.07. The molecule has 0 radical (unpaired) electrons. The summed E-state index contributed by atoms with van der Waals surface area (Å²) < 4.78 is 0. The monoisotopic (exact) mass is 425 g/mol. The van der Waals surface area contributed by atoms with Crippen molar-refractivity contribution in [3.05, 3.63) is 55.1 Å². The van der Waals surface area contributed by atoms with Crippen molar-refractivity contribution in [3.63, 3.8) is 0 Å². The molecule has 0 fully saturated rings. The molecule has 5 aromatic rings. The van der Waals surface area contributed by atoms with Crippen molar-refractivity contribution in [2.24, 2.45) is 5.41 Å². The molecule has 5 heterocycles. The van der Waals surface area contributed by atoms with Gasteiger partial charge < -0.3 is 10.3 Å². The number of H-pyrrole nitrogens is 2. The molecule has 0 bridgehead atoms. The van der Waals surface area contributed by atoms with E-state index >= 15 is 0 Å². The van der Waals surface area contributed by atoms with Crippen molar-refractivity contribution in [3.8, 4) is 22.6 Å². The van der Waals surface area contributed by atoms with Gasteiger partial charge >= 0.3 is 0 Å². The van der Waals surface area contributed by atoms with Gasteiger partial charge in [-0.2, -0.15) is 5.10 Å². The molecule has 32 heavy (non-hydrogen) atoms. The number of aromatic amines is 2. The maximum atomic E-state index is 12.3. The predicted octanol–water partition coefficient (Wildman–Crippen LogP) is 4.94. The van der Waals surface area contributed by atoms with E-state index < -0.39 is 0 Å². The zero-order valence-electron chi connectivity index (χ0n) is 18.1. The number of pyridine rings is 3. The Labute approximate surface area is 184 Å². The fraction of sp³-hybridized carbons (Fsp3) is 0.208. The summed E-state index contributed by atoms with van der Waals surface area (Å²) in [4.78, 5) is 28.9. The van der Waals surface area contributed by atoms with Crippen LogP contribution in [0.15, 0.2) is 55.1 Å². The van der Waals surface area contributed by atoms with E-state index in [0.717, 1.165) is 44.6 Å². The molecule has 1 amide bonds. The molecule has 5 rings (SSSR count). The van der Waals surface area contributed by atoms with E-state index in [1.165, 1.54) is 0 Å². The summed E-state index contributed by atoms with van der Waals surface area (Å²) in [5, 5.41) is 11.4. The summed E-state index contributed by atoms with van der Waals surface area (Å²) in [7, 11) is 0. The summed E-state index contributed by atoms with van der Waals surface area (Å²) in [6.07, 6.45) is 7.33. The lowest BCUT2D eigenvalue weighted by atomic mass is 9.92. The number of amides is 1. The molecule has 0 unspecified atom stereocenters. The molecular weight excluding hydrogens is 402 g/mol. The standard InChI is InChI=1S/C24H23N7O/c1-24(2,3)10-22(32)28-15-7-14(11-25-12-15)18-8-16-21(13-27-18)30-31-23(16)20-9-19-17(29-20)5-4-6-26-19/h4-9,11-13,29H,10H2,1-3H3,(H,28,32)(H,30,31). The summed E-state index contributed by atoms with van der Waals surface area (Å²) in [6, 6.07) is 9.73. The van der Waals surface area contributed by atoms with Crippen LogP contribution in [0.1, 0.15) is 27.2 Å². The molecule has 0 atom stereocenters. The molecule has 0 saturated carbocycles. The molecule has 5 aromatic heterocycles. The van der Waals surface area contributed by atoms with Gasteiger partial charge in [0.2, 0.25) is 5.91 Å². The van der Waals surface area contributed by atoms with E-state index in [2.05, 4.69) is 35.5 Å². The van der Waals surface area contributed by atoms with Gasteiger partial charge in [-0.3, -0.25) is 24.8 Å². The Balaban J connectivity index is 1.49. The van der Waals surface area contributed by atoms with Crippen molar-refractivity contribution in [2.75, 3.05) is 5.32 Å². The maximum Gasteiger partial charge on any atom is 0.224 e. The zero-order valence-corrected chi connectivity index (χ0v) is 18.1. The summed E-state index contributed by atoms with van der Waals surface area (Å²) in [6.45, 7) is 6.10. The van der Waals surface area contributed by atoms with Crippen LogP contribution in [0.3, 0.4) is 0 Å². The summed E-state index contributed by atoms with van der Waals surface area (Å²) >= 11 is 0. The molecule has 0 spiro atoms. The highest BCUT2D eigenvalue weighted by molar-refractivity contribution is 5.96. The molecule has 0 aliphatic heterocycles. The highest BCUT2D eigenvalue weighted by Crippen LogP contribution is 2.30. The van der Waals surface area contributed by atoms with Crippen LogP contribution in [0.5, 0.6) is 0 Å². The normalized spacial score (nSPS) is 11.8. The molecule has 8 nitrogen and oxygen atoms in total. The Morgan fingerprint density at radius 2 is 1.94 bits per heavy atom. The van der Waals surface area contributed by atoms with Gasteiger partial charge in [0.25, 0.3) is 0 Å². The lowest BCUT2D eigenvalue weighted by Gasteiger charge is -2.17. The van der Waals surface area contributed by atoms with E-state index in [0.29, 0.717) is 12.1 Å². The van der Waals surface area contributed by atoms with E-state index in [1.54, 1.807) is 24.8 Å². The number of nitrogens with zero attached hydrogens (tertiary/aromatic N) is 4. The Morgan fingerprint density at radius 1 is 1.06 bits per heavy atom. The van der Waals surface area contributed by atoms with Gasteiger partial charge in [0.05, 0.1) is 46.0 Å². The molecule has 0 aliphatic carbocycles. The van der Waals surface area contributed by atoms with Crippen molar-refractivity contribution < 1.29 is 4.79 Å². The van der Waals surface area contributed by atoms with Gasteiger partial charge in [-0.25, -0.2) is 0 Å². The minimum absolute atomic E-state index is 0.0376. The first-order chi connectivity index (χ1) is 15.4. The number of aromatic nitrogens is 6. The minimum atomic E-state index is -0.0858. The first kappa shape index (κ1) is 19.9. The van der Waals surface area contributed by atoms with Crippen LogP contribution in [0.2, 0.25) is 0 Å². The second-order valence-electron chi connectivity index (χ2n) is 9.05. The van der Waals surface area contributed by atoms with Gasteiger partial charge in [-0.1, -0.05) is 20.8 Å². The van der Waals surface area contributed by atoms with Crippen LogP contribution < -0.4 is 5.32 Å². The van der Waals surface area contributed by atoms with Gasteiger partial charge in [-0.15, -0.1) is 0 Å². The number of nitrogens with one attached hydrogen (secondary N) is 3. The lowest BCUT2D eigenvalue weighted by molar-refractivity contribution is -0.117. The van der Waals surface area contributed by atoms with Crippen molar-refractivity contribution in [1.29, 1.82) is 0 Å². The van der Waals surface area contributed by atoms with E-state index in [4.69, 9.17) is 0 Å². The van der Waals surface area contributed by atoms with Crippen LogP contribution >= 0.6 is 0 Å². The Morgan fingerprint density at radius 3 is 2.75 bits per heavy atom.